The fourth-order valence-electron chi connectivity index (χ4n) is 2.11. The maximum absolute atomic E-state index is 4.67. The van der Waals surface area contributed by atoms with Crippen molar-refractivity contribution in [1.82, 2.24) is 9.78 Å². The molecule has 1 aromatic heterocycles. The molecule has 106 valence electrons. The van der Waals surface area contributed by atoms with Gasteiger partial charge >= 0.3 is 0 Å². The summed E-state index contributed by atoms with van der Waals surface area (Å²) in [7, 11) is 8.08. The van der Waals surface area contributed by atoms with Crippen LogP contribution < -0.4 is 9.80 Å². The van der Waals surface area contributed by atoms with Crippen LogP contribution in [0.15, 0.2) is 24.3 Å². The molecule has 0 saturated heterocycles. The predicted octanol–water partition coefficient (Wildman–Crippen LogP) is 2.11. The second kappa shape index (κ2) is 6.24. The maximum atomic E-state index is 4.67. The fraction of sp³-hybridized carbons (Fsp3) is 0.357. The average molecular weight is 438 g/mol. The van der Waals surface area contributed by atoms with Gasteiger partial charge in [0, 0.05) is 54.8 Å². The summed E-state index contributed by atoms with van der Waals surface area (Å²) in [6, 6.07) is 11.1. The molecule has 0 aliphatic heterocycles. The van der Waals surface area contributed by atoms with Gasteiger partial charge in [-0.15, -0.1) is 6.07 Å². The number of aromatic nitrogens is 2. The summed E-state index contributed by atoms with van der Waals surface area (Å²) in [5.41, 5.74) is 2.12. The Kier molecular flexibility index (Phi) is 5.18. The molecular formula is C14H19N4Pt-. The van der Waals surface area contributed by atoms with Crippen LogP contribution in [0, 0.1) is 13.0 Å². The Morgan fingerprint density at radius 2 is 1.79 bits per heavy atom. The second-order valence-electron chi connectivity index (χ2n) is 4.72. The smallest absolute Gasteiger partial charge is 0.155 e. The van der Waals surface area contributed by atoms with Crippen LogP contribution in [-0.4, -0.2) is 38.0 Å². The van der Waals surface area contributed by atoms with Crippen molar-refractivity contribution < 1.29 is 21.1 Å². The minimum atomic E-state index is 0. The van der Waals surface area contributed by atoms with Crippen molar-refractivity contribution in [3.63, 3.8) is 0 Å². The van der Waals surface area contributed by atoms with Gasteiger partial charge in [0.05, 0.1) is 0 Å². The monoisotopic (exact) mass is 438 g/mol. The maximum Gasteiger partial charge on any atom is 0.155 e. The minimum Gasteiger partial charge on any atom is -0.362 e. The number of hydrogen-bond donors (Lipinski definition) is 0. The molecule has 4 nitrogen and oxygen atoms in total. The molecule has 0 radical (unpaired) electrons. The van der Waals surface area contributed by atoms with Crippen molar-refractivity contribution in [1.29, 1.82) is 0 Å². The van der Waals surface area contributed by atoms with E-state index in [2.05, 4.69) is 23.0 Å². The molecule has 0 unspecified atom stereocenters. The van der Waals surface area contributed by atoms with E-state index >= 15 is 0 Å². The third-order valence-electron chi connectivity index (χ3n) is 2.83. The van der Waals surface area contributed by atoms with Crippen molar-refractivity contribution in [2.45, 2.75) is 6.92 Å². The van der Waals surface area contributed by atoms with Crippen LogP contribution in [0.4, 0.5) is 11.6 Å². The topological polar surface area (TPSA) is 24.3 Å². The van der Waals surface area contributed by atoms with E-state index in [4.69, 9.17) is 0 Å². The summed E-state index contributed by atoms with van der Waals surface area (Å²) in [5, 5.41) is 4.67. The Morgan fingerprint density at radius 3 is 2.26 bits per heavy atom. The van der Waals surface area contributed by atoms with Gasteiger partial charge in [0.15, 0.2) is 5.82 Å². The molecule has 2 aromatic rings. The van der Waals surface area contributed by atoms with Gasteiger partial charge in [-0.2, -0.15) is 29.4 Å². The second-order valence-corrected chi connectivity index (χ2v) is 4.72. The summed E-state index contributed by atoms with van der Waals surface area (Å²) in [6.45, 7) is 2.09. The number of hydrogen-bond acceptors (Lipinski definition) is 3. The number of anilines is 2. The first-order valence-electron chi connectivity index (χ1n) is 5.93. The Morgan fingerprint density at radius 1 is 1.11 bits per heavy atom. The molecule has 1 heterocycles. The van der Waals surface area contributed by atoms with Gasteiger partial charge < -0.3 is 9.80 Å². The van der Waals surface area contributed by atoms with Crippen LogP contribution >= 0.6 is 0 Å². The summed E-state index contributed by atoms with van der Waals surface area (Å²) in [6.07, 6.45) is 0. The van der Waals surface area contributed by atoms with Crippen molar-refractivity contribution >= 4 is 11.6 Å². The standard InChI is InChI=1S/C14H19N4.Pt/c1-11-13(16(2)3)15-18(14(11)17(4)5)12-9-7-6-8-10-12;/h6-9H,1-5H3;/q-1;. The minimum absolute atomic E-state index is 0. The quantitative estimate of drug-likeness (QED) is 0.687. The molecule has 1 aromatic carbocycles. The Balaban J connectivity index is 0.00000180. The SMILES string of the molecule is Cc1c(N(C)C)nn(-c2[c-]cccc2)c1N(C)C.[Pt]. The van der Waals surface area contributed by atoms with Crippen molar-refractivity contribution in [2.24, 2.45) is 0 Å². The zero-order chi connectivity index (χ0) is 13.3. The first-order chi connectivity index (χ1) is 8.52. The van der Waals surface area contributed by atoms with Crippen LogP contribution in [0.1, 0.15) is 5.56 Å². The third-order valence-corrected chi connectivity index (χ3v) is 2.83. The molecule has 0 atom stereocenters. The first-order valence-corrected chi connectivity index (χ1v) is 5.93. The van der Waals surface area contributed by atoms with Crippen LogP contribution in [0.2, 0.25) is 0 Å². The fourth-order valence-corrected chi connectivity index (χ4v) is 2.11. The number of rotatable bonds is 3. The molecule has 0 bridgehead atoms. The largest absolute Gasteiger partial charge is 0.362 e. The van der Waals surface area contributed by atoms with E-state index in [1.807, 2.05) is 62.0 Å². The van der Waals surface area contributed by atoms with Crippen LogP contribution in [0.3, 0.4) is 0 Å². The van der Waals surface area contributed by atoms with Gasteiger partial charge in [-0.25, -0.2) is 4.68 Å². The van der Waals surface area contributed by atoms with Gasteiger partial charge in [0.25, 0.3) is 0 Å². The Labute approximate surface area is 129 Å². The van der Waals surface area contributed by atoms with Gasteiger partial charge in [0.1, 0.15) is 5.82 Å². The van der Waals surface area contributed by atoms with E-state index in [9.17, 15) is 0 Å². The van der Waals surface area contributed by atoms with E-state index in [0.717, 1.165) is 17.3 Å². The Bertz CT molecular complexity index is 532. The number of benzene rings is 1. The molecule has 5 heteroatoms. The van der Waals surface area contributed by atoms with Gasteiger partial charge in [-0.3, -0.25) is 0 Å². The first kappa shape index (κ1) is 15.8. The van der Waals surface area contributed by atoms with Gasteiger partial charge in [0.2, 0.25) is 0 Å². The molecule has 0 amide bonds. The van der Waals surface area contributed by atoms with Crippen LogP contribution in [0.5, 0.6) is 0 Å². The molecule has 0 aliphatic carbocycles. The van der Waals surface area contributed by atoms with E-state index in [0.29, 0.717) is 0 Å². The number of para-hydroxylation sites is 1. The van der Waals surface area contributed by atoms with E-state index in [1.165, 1.54) is 5.56 Å². The molecule has 0 N–H and O–H groups in total. The summed E-state index contributed by atoms with van der Waals surface area (Å²) in [5.74, 6) is 2.07. The summed E-state index contributed by atoms with van der Waals surface area (Å²) < 4.78 is 1.94. The zero-order valence-corrected chi connectivity index (χ0v) is 14.2. The van der Waals surface area contributed by atoms with Gasteiger partial charge in [-0.05, 0) is 12.6 Å². The van der Waals surface area contributed by atoms with Crippen LogP contribution in [-0.2, 0) is 21.1 Å². The molecule has 0 saturated carbocycles. The molecule has 0 aliphatic rings. The van der Waals surface area contributed by atoms with E-state index in [1.54, 1.807) is 0 Å². The summed E-state index contributed by atoms with van der Waals surface area (Å²) in [4.78, 5) is 4.11. The third kappa shape index (κ3) is 3.00. The zero-order valence-electron chi connectivity index (χ0n) is 11.9. The summed E-state index contributed by atoms with van der Waals surface area (Å²) >= 11 is 0. The van der Waals surface area contributed by atoms with Crippen molar-refractivity contribution in [2.75, 3.05) is 38.0 Å². The molecule has 2 rings (SSSR count). The molecule has 19 heavy (non-hydrogen) atoms. The van der Waals surface area contributed by atoms with Gasteiger partial charge in [-0.1, -0.05) is 0 Å². The predicted molar refractivity (Wildman–Crippen MR) is 75.8 cm³/mol. The normalized spacial score (nSPS) is 9.95. The molecule has 0 spiro atoms. The van der Waals surface area contributed by atoms with E-state index < -0.39 is 0 Å². The van der Waals surface area contributed by atoms with E-state index in [-0.39, 0.29) is 21.1 Å². The van der Waals surface area contributed by atoms with Crippen molar-refractivity contribution in [3.05, 3.63) is 35.9 Å². The number of nitrogens with zero attached hydrogens (tertiary/aromatic N) is 4. The average Bonchev–Trinajstić information content (AvgIpc) is 2.68. The molecule has 0 fully saturated rings. The van der Waals surface area contributed by atoms with Crippen LogP contribution in [0.25, 0.3) is 5.69 Å². The molecular weight excluding hydrogens is 419 g/mol. The Hall–Kier alpha value is -1.28. The van der Waals surface area contributed by atoms with Crippen molar-refractivity contribution in [3.8, 4) is 5.69 Å².